The van der Waals surface area contributed by atoms with Gasteiger partial charge in [0.15, 0.2) is 0 Å². The Morgan fingerprint density at radius 3 is 2.35 bits per heavy atom. The summed E-state index contributed by atoms with van der Waals surface area (Å²) in [7, 11) is 0. The van der Waals surface area contributed by atoms with Crippen LogP contribution in [-0.4, -0.2) is 40.0 Å². The highest BCUT2D eigenvalue weighted by Crippen LogP contribution is 2.05. The molecule has 1 N–H and O–H groups in total. The summed E-state index contributed by atoms with van der Waals surface area (Å²) < 4.78 is 0. The second-order valence-corrected chi connectivity index (χ2v) is 6.30. The second-order valence-electron chi connectivity index (χ2n) is 6.30. The van der Waals surface area contributed by atoms with Gasteiger partial charge in [-0.05, 0) is 46.9 Å². The van der Waals surface area contributed by atoms with Gasteiger partial charge in [-0.3, -0.25) is 0 Å². The quantitative estimate of drug-likeness (QED) is 0.832. The van der Waals surface area contributed by atoms with Crippen molar-refractivity contribution in [1.82, 2.24) is 20.2 Å². The molecule has 0 aliphatic carbocycles. The van der Waals surface area contributed by atoms with Crippen LogP contribution in [0.3, 0.4) is 0 Å². The van der Waals surface area contributed by atoms with Crippen LogP contribution in [0.1, 0.15) is 51.8 Å². The first-order valence-electron chi connectivity index (χ1n) is 7.65. The predicted molar refractivity (Wildman–Crippen MR) is 84.9 cm³/mol. The van der Waals surface area contributed by atoms with Crippen molar-refractivity contribution in [3.05, 3.63) is 23.3 Å². The summed E-state index contributed by atoms with van der Waals surface area (Å²) in [5.74, 6) is 0.961. The summed E-state index contributed by atoms with van der Waals surface area (Å²) >= 11 is 0. The topological polar surface area (TPSA) is 41.1 Å². The Balaban J connectivity index is 2.66. The van der Waals surface area contributed by atoms with Crippen molar-refractivity contribution in [3.63, 3.8) is 0 Å². The highest BCUT2D eigenvalue weighted by Gasteiger charge is 2.10. The van der Waals surface area contributed by atoms with E-state index in [4.69, 9.17) is 0 Å². The molecule has 0 bridgehead atoms. The Kier molecular flexibility index (Phi) is 6.56. The average Bonchev–Trinajstić information content (AvgIpc) is 2.36. The minimum Gasteiger partial charge on any atom is -0.306 e. The lowest BCUT2D eigenvalue weighted by Gasteiger charge is -2.21. The fraction of sp³-hybridized carbons (Fsp3) is 0.750. The van der Waals surface area contributed by atoms with Gasteiger partial charge in [0.2, 0.25) is 0 Å². The largest absolute Gasteiger partial charge is 0.306 e. The van der Waals surface area contributed by atoms with Gasteiger partial charge in [0.05, 0.1) is 5.69 Å². The first kappa shape index (κ1) is 17.1. The minimum absolute atomic E-state index is 0.111. The van der Waals surface area contributed by atoms with E-state index in [1.807, 2.05) is 6.92 Å². The first-order chi connectivity index (χ1) is 9.34. The summed E-state index contributed by atoms with van der Waals surface area (Å²) in [6.07, 6.45) is 0.922. The van der Waals surface area contributed by atoms with E-state index in [9.17, 15) is 0 Å². The fourth-order valence-corrected chi connectivity index (χ4v) is 2.06. The summed E-state index contributed by atoms with van der Waals surface area (Å²) in [6, 6.07) is 2.07. The molecule has 0 unspecified atom stereocenters. The second kappa shape index (κ2) is 7.70. The molecular weight excluding hydrogens is 248 g/mol. The zero-order valence-corrected chi connectivity index (χ0v) is 14.0. The molecule has 4 heteroatoms. The van der Waals surface area contributed by atoms with Crippen molar-refractivity contribution in [3.8, 4) is 0 Å². The number of aromatic nitrogens is 2. The predicted octanol–water partition coefficient (Wildman–Crippen LogP) is 2.56. The Morgan fingerprint density at radius 1 is 1.15 bits per heavy atom. The van der Waals surface area contributed by atoms with E-state index >= 15 is 0 Å². The van der Waals surface area contributed by atoms with Gasteiger partial charge in [0.25, 0.3) is 0 Å². The molecule has 1 aromatic rings. The van der Waals surface area contributed by atoms with Crippen LogP contribution < -0.4 is 5.32 Å². The molecule has 1 rings (SSSR count). The van der Waals surface area contributed by atoms with Gasteiger partial charge in [-0.25, -0.2) is 9.97 Å². The van der Waals surface area contributed by atoms with Crippen LogP contribution in [0.2, 0.25) is 0 Å². The Hall–Kier alpha value is -1.00. The molecule has 0 fully saturated rings. The van der Waals surface area contributed by atoms with Crippen molar-refractivity contribution in [1.29, 1.82) is 0 Å². The summed E-state index contributed by atoms with van der Waals surface area (Å²) in [4.78, 5) is 11.6. The van der Waals surface area contributed by atoms with Crippen LogP contribution in [0.4, 0.5) is 0 Å². The Bertz CT molecular complexity index is 405. The van der Waals surface area contributed by atoms with E-state index in [-0.39, 0.29) is 5.54 Å². The van der Waals surface area contributed by atoms with E-state index < -0.39 is 0 Å². The van der Waals surface area contributed by atoms with Crippen LogP contribution in [-0.2, 0) is 13.0 Å². The third-order valence-corrected chi connectivity index (χ3v) is 3.30. The lowest BCUT2D eigenvalue weighted by molar-refractivity contribution is 0.305. The highest BCUT2D eigenvalue weighted by molar-refractivity contribution is 5.10. The van der Waals surface area contributed by atoms with Gasteiger partial charge in [0.1, 0.15) is 5.82 Å². The van der Waals surface area contributed by atoms with E-state index in [2.05, 4.69) is 60.9 Å². The van der Waals surface area contributed by atoms with E-state index in [0.717, 1.165) is 49.8 Å². The number of hydrogen-bond donors (Lipinski definition) is 1. The van der Waals surface area contributed by atoms with E-state index in [1.54, 1.807) is 0 Å². The monoisotopic (exact) mass is 278 g/mol. The normalized spacial score (nSPS) is 12.2. The number of nitrogens with one attached hydrogen (secondary N) is 1. The Labute approximate surface area is 124 Å². The highest BCUT2D eigenvalue weighted by atomic mass is 15.1. The number of likely N-dealkylation sites (N-methyl/N-ethyl adjacent to an activating group) is 1. The molecule has 20 heavy (non-hydrogen) atoms. The van der Waals surface area contributed by atoms with Gasteiger partial charge in [-0.15, -0.1) is 0 Å². The fourth-order valence-electron chi connectivity index (χ4n) is 2.06. The zero-order chi connectivity index (χ0) is 15.2. The van der Waals surface area contributed by atoms with E-state index in [0.29, 0.717) is 0 Å². The maximum absolute atomic E-state index is 4.68. The molecule has 0 aromatic carbocycles. The molecule has 1 aromatic heterocycles. The maximum Gasteiger partial charge on any atom is 0.130 e. The van der Waals surface area contributed by atoms with E-state index in [1.165, 1.54) is 0 Å². The SMILES string of the molecule is CCN(CC)CCc1nc(C)cc(CNC(C)(C)C)n1. The van der Waals surface area contributed by atoms with Gasteiger partial charge in [0, 0.05) is 30.7 Å². The number of hydrogen-bond acceptors (Lipinski definition) is 4. The van der Waals surface area contributed by atoms with Gasteiger partial charge >= 0.3 is 0 Å². The van der Waals surface area contributed by atoms with Crippen LogP contribution in [0.5, 0.6) is 0 Å². The lowest BCUT2D eigenvalue weighted by atomic mass is 10.1. The molecule has 4 nitrogen and oxygen atoms in total. The third kappa shape index (κ3) is 6.44. The van der Waals surface area contributed by atoms with Crippen molar-refractivity contribution < 1.29 is 0 Å². The molecule has 0 radical (unpaired) electrons. The van der Waals surface area contributed by atoms with Crippen molar-refractivity contribution in [2.75, 3.05) is 19.6 Å². The maximum atomic E-state index is 4.68. The summed E-state index contributed by atoms with van der Waals surface area (Å²) in [6.45, 7) is 16.9. The number of rotatable bonds is 7. The Morgan fingerprint density at radius 2 is 1.80 bits per heavy atom. The summed E-state index contributed by atoms with van der Waals surface area (Å²) in [5.41, 5.74) is 2.25. The molecule has 0 spiro atoms. The minimum atomic E-state index is 0.111. The van der Waals surface area contributed by atoms with Gasteiger partial charge < -0.3 is 10.2 Å². The molecule has 1 heterocycles. The smallest absolute Gasteiger partial charge is 0.130 e. The van der Waals surface area contributed by atoms with Crippen LogP contribution in [0.15, 0.2) is 6.07 Å². The number of nitrogens with zero attached hydrogens (tertiary/aromatic N) is 3. The first-order valence-corrected chi connectivity index (χ1v) is 7.65. The molecular formula is C16H30N4. The van der Waals surface area contributed by atoms with Crippen LogP contribution in [0, 0.1) is 6.92 Å². The third-order valence-electron chi connectivity index (χ3n) is 3.30. The zero-order valence-electron chi connectivity index (χ0n) is 14.0. The molecule has 0 amide bonds. The standard InChI is InChI=1S/C16H30N4/c1-7-20(8-2)10-9-15-18-13(3)11-14(19-15)12-17-16(4,5)6/h11,17H,7-10,12H2,1-6H3. The molecule has 0 saturated heterocycles. The molecule has 0 aliphatic heterocycles. The molecule has 0 aliphatic rings. The van der Waals surface area contributed by atoms with Gasteiger partial charge in [-0.2, -0.15) is 0 Å². The van der Waals surface area contributed by atoms with Gasteiger partial charge in [-0.1, -0.05) is 13.8 Å². The molecule has 0 saturated carbocycles. The molecule has 0 atom stereocenters. The average molecular weight is 278 g/mol. The lowest BCUT2D eigenvalue weighted by Crippen LogP contribution is -2.35. The van der Waals surface area contributed by atoms with Crippen molar-refractivity contribution >= 4 is 0 Å². The van der Waals surface area contributed by atoms with Crippen LogP contribution in [0.25, 0.3) is 0 Å². The number of aryl methyl sites for hydroxylation is 1. The van der Waals surface area contributed by atoms with Crippen molar-refractivity contribution in [2.24, 2.45) is 0 Å². The van der Waals surface area contributed by atoms with Crippen molar-refractivity contribution in [2.45, 2.75) is 60.0 Å². The van der Waals surface area contributed by atoms with Crippen LogP contribution >= 0.6 is 0 Å². The summed E-state index contributed by atoms with van der Waals surface area (Å²) in [5, 5.41) is 3.48. The molecule has 114 valence electrons.